The van der Waals surface area contributed by atoms with E-state index in [1.807, 2.05) is 13.0 Å². The highest BCUT2D eigenvalue weighted by Gasteiger charge is 2.11. The number of carbonyl (C=O) groups excluding carboxylic acids is 1. The molecule has 0 aromatic heterocycles. The summed E-state index contributed by atoms with van der Waals surface area (Å²) in [5.41, 5.74) is 6.48. The maximum absolute atomic E-state index is 11.7. The highest BCUT2D eigenvalue weighted by Crippen LogP contribution is 2.26. The number of benzene rings is 1. The van der Waals surface area contributed by atoms with Crippen molar-refractivity contribution in [3.8, 4) is 0 Å². The molecular formula is C12H15Cl2NO. The van der Waals surface area contributed by atoms with E-state index in [4.69, 9.17) is 28.9 Å². The molecule has 16 heavy (non-hydrogen) atoms. The fourth-order valence-corrected chi connectivity index (χ4v) is 1.79. The number of carbonyl (C=O) groups is 1. The van der Waals surface area contributed by atoms with Crippen LogP contribution in [-0.2, 0) is 11.2 Å². The van der Waals surface area contributed by atoms with Gasteiger partial charge in [-0.3, -0.25) is 4.79 Å². The van der Waals surface area contributed by atoms with E-state index in [9.17, 15) is 4.79 Å². The van der Waals surface area contributed by atoms with Gasteiger partial charge in [0.05, 0.1) is 10.0 Å². The molecule has 0 spiro atoms. The van der Waals surface area contributed by atoms with Gasteiger partial charge in [0.1, 0.15) is 5.78 Å². The predicted molar refractivity (Wildman–Crippen MR) is 68.1 cm³/mol. The number of hydrogen-bond donors (Lipinski definition) is 1. The second-order valence-corrected chi connectivity index (χ2v) is 4.59. The fraction of sp³-hybridized carbons (Fsp3) is 0.417. The molecule has 0 amide bonds. The van der Waals surface area contributed by atoms with Crippen molar-refractivity contribution in [2.75, 3.05) is 0 Å². The van der Waals surface area contributed by atoms with E-state index in [1.54, 1.807) is 12.1 Å². The quantitative estimate of drug-likeness (QED) is 0.883. The summed E-state index contributed by atoms with van der Waals surface area (Å²) in [6, 6.07) is 5.24. The summed E-state index contributed by atoms with van der Waals surface area (Å²) in [6.07, 6.45) is 1.49. The maximum atomic E-state index is 11.7. The van der Waals surface area contributed by atoms with Gasteiger partial charge < -0.3 is 5.73 Å². The van der Waals surface area contributed by atoms with E-state index in [0.29, 0.717) is 22.9 Å². The van der Waals surface area contributed by atoms with Gasteiger partial charge in [0.2, 0.25) is 0 Å². The lowest BCUT2D eigenvalue weighted by Crippen LogP contribution is -2.23. The van der Waals surface area contributed by atoms with Crippen LogP contribution in [-0.4, -0.2) is 11.8 Å². The normalized spacial score (nSPS) is 12.5. The highest BCUT2D eigenvalue weighted by molar-refractivity contribution is 6.42. The summed E-state index contributed by atoms with van der Waals surface area (Å²) >= 11 is 11.9. The minimum Gasteiger partial charge on any atom is -0.327 e. The minimum atomic E-state index is -0.0644. The Bertz CT molecular complexity index is 379. The van der Waals surface area contributed by atoms with Gasteiger partial charge in [0.15, 0.2) is 0 Å². The molecule has 2 nitrogen and oxygen atoms in total. The molecule has 0 aliphatic rings. The van der Waals surface area contributed by atoms with Gasteiger partial charge in [-0.05, 0) is 18.1 Å². The Hall–Kier alpha value is -0.570. The van der Waals surface area contributed by atoms with Gasteiger partial charge in [0, 0.05) is 18.9 Å². The van der Waals surface area contributed by atoms with Gasteiger partial charge >= 0.3 is 0 Å². The Kier molecular flexibility index (Phi) is 5.26. The molecular weight excluding hydrogens is 245 g/mol. The topological polar surface area (TPSA) is 43.1 Å². The summed E-state index contributed by atoms with van der Waals surface area (Å²) in [6.45, 7) is 1.96. The van der Waals surface area contributed by atoms with E-state index in [0.717, 1.165) is 12.0 Å². The zero-order valence-electron chi connectivity index (χ0n) is 9.17. The number of ketones is 1. The second-order valence-electron chi connectivity index (χ2n) is 3.80. The Morgan fingerprint density at radius 1 is 1.44 bits per heavy atom. The van der Waals surface area contributed by atoms with Crippen LogP contribution in [0.1, 0.15) is 25.3 Å². The van der Waals surface area contributed by atoms with Gasteiger partial charge in [0.25, 0.3) is 0 Å². The first kappa shape index (κ1) is 13.5. The average molecular weight is 260 g/mol. The molecule has 4 heteroatoms. The Morgan fingerprint density at radius 3 is 2.75 bits per heavy atom. The molecule has 0 aliphatic heterocycles. The monoisotopic (exact) mass is 259 g/mol. The Labute approximate surface area is 106 Å². The van der Waals surface area contributed by atoms with Crippen molar-refractivity contribution in [3.05, 3.63) is 33.8 Å². The van der Waals surface area contributed by atoms with Crippen LogP contribution in [0.25, 0.3) is 0 Å². The molecule has 0 aliphatic carbocycles. The van der Waals surface area contributed by atoms with E-state index in [2.05, 4.69) is 0 Å². The third kappa shape index (κ3) is 3.78. The summed E-state index contributed by atoms with van der Waals surface area (Å²) in [5.74, 6) is 0.0958. The molecule has 2 N–H and O–H groups in total. The minimum absolute atomic E-state index is 0.0644. The molecule has 0 bridgehead atoms. The maximum Gasteiger partial charge on any atom is 0.138 e. The molecule has 1 rings (SSSR count). The summed E-state index contributed by atoms with van der Waals surface area (Å²) in [4.78, 5) is 11.7. The van der Waals surface area contributed by atoms with Crippen molar-refractivity contribution in [3.63, 3.8) is 0 Å². The first-order valence-electron chi connectivity index (χ1n) is 5.24. The van der Waals surface area contributed by atoms with Gasteiger partial charge in [-0.2, -0.15) is 0 Å². The first-order chi connectivity index (χ1) is 7.54. The third-order valence-corrected chi connectivity index (χ3v) is 3.29. The van der Waals surface area contributed by atoms with E-state index in [1.165, 1.54) is 0 Å². The van der Waals surface area contributed by atoms with Crippen LogP contribution in [0.2, 0.25) is 10.0 Å². The lowest BCUT2D eigenvalue weighted by atomic mass is 10.0. The lowest BCUT2D eigenvalue weighted by Gasteiger charge is -2.08. The number of rotatable bonds is 5. The van der Waals surface area contributed by atoms with Crippen LogP contribution < -0.4 is 5.73 Å². The lowest BCUT2D eigenvalue weighted by molar-refractivity contribution is -0.118. The summed E-state index contributed by atoms with van der Waals surface area (Å²) in [5, 5.41) is 0.939. The molecule has 1 aromatic rings. The zero-order chi connectivity index (χ0) is 12.1. The third-order valence-electron chi connectivity index (χ3n) is 2.43. The van der Waals surface area contributed by atoms with Crippen LogP contribution in [0.4, 0.5) is 0 Å². The molecule has 0 heterocycles. The van der Waals surface area contributed by atoms with Crippen molar-refractivity contribution in [2.45, 2.75) is 32.2 Å². The predicted octanol–water partition coefficient (Wildman–Crippen LogP) is 3.23. The van der Waals surface area contributed by atoms with Gasteiger partial charge in [-0.1, -0.05) is 42.3 Å². The number of nitrogens with two attached hydrogens (primary N) is 1. The molecule has 0 saturated carbocycles. The van der Waals surface area contributed by atoms with E-state index in [-0.39, 0.29) is 11.8 Å². The molecule has 1 unspecified atom stereocenters. The molecule has 1 aromatic carbocycles. The van der Waals surface area contributed by atoms with Crippen molar-refractivity contribution in [1.29, 1.82) is 0 Å². The molecule has 0 saturated heterocycles. The van der Waals surface area contributed by atoms with Crippen molar-refractivity contribution in [1.82, 2.24) is 0 Å². The fourth-order valence-electron chi connectivity index (χ4n) is 1.41. The van der Waals surface area contributed by atoms with Crippen LogP contribution in [0.15, 0.2) is 18.2 Å². The van der Waals surface area contributed by atoms with Crippen molar-refractivity contribution >= 4 is 29.0 Å². The van der Waals surface area contributed by atoms with Crippen LogP contribution >= 0.6 is 23.2 Å². The van der Waals surface area contributed by atoms with E-state index < -0.39 is 0 Å². The Balaban J connectivity index is 2.66. The van der Waals surface area contributed by atoms with Gasteiger partial charge in [-0.15, -0.1) is 0 Å². The van der Waals surface area contributed by atoms with Crippen molar-refractivity contribution < 1.29 is 4.79 Å². The molecule has 0 fully saturated rings. The second kappa shape index (κ2) is 6.24. The molecule has 0 radical (unpaired) electrons. The smallest absolute Gasteiger partial charge is 0.138 e. The highest BCUT2D eigenvalue weighted by atomic mass is 35.5. The zero-order valence-corrected chi connectivity index (χ0v) is 10.7. The van der Waals surface area contributed by atoms with E-state index >= 15 is 0 Å². The SMILES string of the molecule is CCC(N)CC(=O)Cc1cccc(Cl)c1Cl. The van der Waals surface area contributed by atoms with Crippen LogP contribution in [0.3, 0.4) is 0 Å². The van der Waals surface area contributed by atoms with Crippen LogP contribution in [0.5, 0.6) is 0 Å². The Morgan fingerprint density at radius 2 is 2.12 bits per heavy atom. The number of Topliss-reactive ketones (excluding diaryl/α,β-unsaturated/α-hetero) is 1. The molecule has 88 valence electrons. The van der Waals surface area contributed by atoms with Crippen LogP contribution in [0, 0.1) is 0 Å². The summed E-state index contributed by atoms with van der Waals surface area (Å²) < 4.78 is 0. The average Bonchev–Trinajstić information content (AvgIpc) is 2.24. The largest absolute Gasteiger partial charge is 0.327 e. The number of halogens is 2. The van der Waals surface area contributed by atoms with Crippen molar-refractivity contribution in [2.24, 2.45) is 5.73 Å². The molecule has 1 atom stereocenters. The standard InChI is InChI=1S/C12H15Cl2NO/c1-2-9(15)7-10(16)6-8-4-3-5-11(13)12(8)14/h3-5,9H,2,6-7,15H2,1H3. The van der Waals surface area contributed by atoms with Gasteiger partial charge in [-0.25, -0.2) is 0 Å². The first-order valence-corrected chi connectivity index (χ1v) is 6.00. The summed E-state index contributed by atoms with van der Waals surface area (Å²) in [7, 11) is 0. The number of hydrogen-bond acceptors (Lipinski definition) is 2.